The lowest BCUT2D eigenvalue weighted by molar-refractivity contribution is 0.0985. The van der Waals surface area contributed by atoms with Crippen LogP contribution in [0.25, 0.3) is 0 Å². The number of rotatable bonds is 3. The van der Waals surface area contributed by atoms with Gasteiger partial charge in [0.1, 0.15) is 6.26 Å². The maximum absolute atomic E-state index is 13.1. The molecule has 0 saturated heterocycles. The summed E-state index contributed by atoms with van der Waals surface area (Å²) in [6, 6.07) is 14.6. The summed E-state index contributed by atoms with van der Waals surface area (Å²) < 4.78 is 4.96. The molecule has 2 heterocycles. The fourth-order valence-electron chi connectivity index (χ4n) is 2.91. The SMILES string of the molecule is CC#CCN1C(=O)c2ccccc2Sc2cc(NC(=O)c3ccoc3)ccc21. The van der Waals surface area contributed by atoms with E-state index >= 15 is 0 Å². The maximum atomic E-state index is 13.1. The van der Waals surface area contributed by atoms with E-state index in [2.05, 4.69) is 17.2 Å². The molecular formula is C22H16N2O3S. The third-order valence-corrected chi connectivity index (χ3v) is 5.41. The van der Waals surface area contributed by atoms with Crippen molar-refractivity contribution in [2.75, 3.05) is 16.8 Å². The predicted octanol–water partition coefficient (Wildman–Crippen LogP) is 4.67. The van der Waals surface area contributed by atoms with Crippen molar-refractivity contribution < 1.29 is 14.0 Å². The van der Waals surface area contributed by atoms with Crippen LogP contribution in [0.2, 0.25) is 0 Å². The van der Waals surface area contributed by atoms with Crippen LogP contribution in [0.4, 0.5) is 11.4 Å². The fourth-order valence-corrected chi connectivity index (χ4v) is 4.03. The molecule has 0 radical (unpaired) electrons. The van der Waals surface area contributed by atoms with Crippen molar-refractivity contribution in [2.24, 2.45) is 0 Å². The van der Waals surface area contributed by atoms with Gasteiger partial charge in [0.2, 0.25) is 0 Å². The van der Waals surface area contributed by atoms with E-state index < -0.39 is 0 Å². The molecule has 5 nitrogen and oxygen atoms in total. The Balaban J connectivity index is 1.73. The van der Waals surface area contributed by atoms with Crippen molar-refractivity contribution in [1.82, 2.24) is 0 Å². The molecule has 1 aromatic heterocycles. The molecule has 0 aliphatic carbocycles. The molecule has 2 amide bonds. The van der Waals surface area contributed by atoms with Gasteiger partial charge in [-0.1, -0.05) is 29.8 Å². The Morgan fingerprint density at radius 1 is 1.18 bits per heavy atom. The second-order valence-electron chi connectivity index (χ2n) is 6.06. The number of amides is 2. The quantitative estimate of drug-likeness (QED) is 0.663. The number of hydrogen-bond donors (Lipinski definition) is 1. The molecule has 0 fully saturated rings. The predicted molar refractivity (Wildman–Crippen MR) is 109 cm³/mol. The highest BCUT2D eigenvalue weighted by Gasteiger charge is 2.27. The summed E-state index contributed by atoms with van der Waals surface area (Å²) in [5, 5.41) is 2.86. The minimum atomic E-state index is -0.252. The molecule has 1 aliphatic rings. The Bertz CT molecular complexity index is 1110. The van der Waals surface area contributed by atoms with Gasteiger partial charge < -0.3 is 9.73 Å². The van der Waals surface area contributed by atoms with Gasteiger partial charge in [0, 0.05) is 15.5 Å². The Morgan fingerprint density at radius 3 is 2.82 bits per heavy atom. The smallest absolute Gasteiger partial charge is 0.260 e. The van der Waals surface area contributed by atoms with E-state index in [-0.39, 0.29) is 11.8 Å². The van der Waals surface area contributed by atoms with Gasteiger partial charge in [0.15, 0.2) is 0 Å². The molecule has 0 atom stereocenters. The van der Waals surface area contributed by atoms with Crippen LogP contribution in [0, 0.1) is 11.8 Å². The van der Waals surface area contributed by atoms with Gasteiger partial charge in [0.25, 0.3) is 11.8 Å². The summed E-state index contributed by atoms with van der Waals surface area (Å²) in [6.45, 7) is 2.05. The van der Waals surface area contributed by atoms with Crippen molar-refractivity contribution in [2.45, 2.75) is 16.7 Å². The van der Waals surface area contributed by atoms with E-state index in [1.807, 2.05) is 36.4 Å². The van der Waals surface area contributed by atoms with E-state index in [9.17, 15) is 9.59 Å². The summed E-state index contributed by atoms with van der Waals surface area (Å²) in [7, 11) is 0. The molecule has 28 heavy (non-hydrogen) atoms. The highest BCUT2D eigenvalue weighted by Crippen LogP contribution is 2.42. The number of benzene rings is 2. The zero-order valence-electron chi connectivity index (χ0n) is 15.1. The first-order valence-electron chi connectivity index (χ1n) is 8.63. The van der Waals surface area contributed by atoms with Crippen LogP contribution in [0.5, 0.6) is 0 Å². The standard InChI is InChI=1S/C22H16N2O3S/c1-2-3-11-24-18-9-8-16(23-21(25)15-10-12-27-14-15)13-20(18)28-19-7-5-4-6-17(19)22(24)26/h4-10,12-14H,11H2,1H3,(H,23,25). The Hall–Kier alpha value is -3.43. The Labute approximate surface area is 166 Å². The van der Waals surface area contributed by atoms with Gasteiger partial charge in [-0.25, -0.2) is 0 Å². The van der Waals surface area contributed by atoms with E-state index in [0.29, 0.717) is 23.4 Å². The monoisotopic (exact) mass is 388 g/mol. The zero-order chi connectivity index (χ0) is 19.5. The molecule has 1 N–H and O–H groups in total. The first-order chi connectivity index (χ1) is 13.7. The summed E-state index contributed by atoms with van der Waals surface area (Å²) in [5.74, 6) is 5.49. The van der Waals surface area contributed by atoms with Gasteiger partial charge in [0.05, 0.1) is 29.6 Å². The van der Waals surface area contributed by atoms with Crippen LogP contribution in [0.3, 0.4) is 0 Å². The van der Waals surface area contributed by atoms with E-state index in [1.165, 1.54) is 24.3 Å². The summed E-state index contributed by atoms with van der Waals surface area (Å²) in [4.78, 5) is 28.8. The van der Waals surface area contributed by atoms with Crippen molar-refractivity contribution in [3.63, 3.8) is 0 Å². The van der Waals surface area contributed by atoms with Crippen molar-refractivity contribution in [1.29, 1.82) is 0 Å². The molecular weight excluding hydrogens is 372 g/mol. The second-order valence-corrected chi connectivity index (χ2v) is 7.15. The Morgan fingerprint density at radius 2 is 2.04 bits per heavy atom. The summed E-state index contributed by atoms with van der Waals surface area (Å²) in [6.07, 6.45) is 2.85. The highest BCUT2D eigenvalue weighted by molar-refractivity contribution is 7.99. The number of carbonyl (C=O) groups is 2. The number of nitrogens with zero attached hydrogens (tertiary/aromatic N) is 1. The molecule has 3 aromatic rings. The highest BCUT2D eigenvalue weighted by atomic mass is 32.2. The zero-order valence-corrected chi connectivity index (χ0v) is 15.9. The van der Waals surface area contributed by atoms with E-state index in [4.69, 9.17) is 4.42 Å². The average Bonchev–Trinajstić information content (AvgIpc) is 3.21. The van der Waals surface area contributed by atoms with E-state index in [0.717, 1.165) is 15.5 Å². The average molecular weight is 388 g/mol. The van der Waals surface area contributed by atoms with Gasteiger partial charge >= 0.3 is 0 Å². The lowest BCUT2D eigenvalue weighted by Crippen LogP contribution is -2.31. The van der Waals surface area contributed by atoms with Crippen LogP contribution >= 0.6 is 11.8 Å². The van der Waals surface area contributed by atoms with Crippen LogP contribution in [0.1, 0.15) is 27.6 Å². The molecule has 138 valence electrons. The van der Waals surface area contributed by atoms with Gasteiger partial charge in [-0.15, -0.1) is 5.92 Å². The molecule has 1 aliphatic heterocycles. The van der Waals surface area contributed by atoms with E-state index in [1.54, 1.807) is 24.0 Å². The molecule has 0 bridgehead atoms. The minimum Gasteiger partial charge on any atom is -0.472 e. The minimum absolute atomic E-state index is 0.0835. The molecule has 0 spiro atoms. The number of nitrogens with one attached hydrogen (secondary N) is 1. The lowest BCUT2D eigenvalue weighted by Gasteiger charge is -2.21. The van der Waals surface area contributed by atoms with Crippen LogP contribution < -0.4 is 10.2 Å². The van der Waals surface area contributed by atoms with Crippen molar-refractivity contribution >= 4 is 35.0 Å². The molecule has 4 rings (SSSR count). The van der Waals surface area contributed by atoms with Crippen LogP contribution in [0.15, 0.2) is 75.3 Å². The largest absolute Gasteiger partial charge is 0.472 e. The number of carbonyl (C=O) groups excluding carboxylic acids is 2. The number of hydrogen-bond acceptors (Lipinski definition) is 4. The van der Waals surface area contributed by atoms with Gasteiger partial charge in [-0.2, -0.15) is 0 Å². The first-order valence-corrected chi connectivity index (χ1v) is 9.45. The van der Waals surface area contributed by atoms with Crippen molar-refractivity contribution in [3.05, 3.63) is 72.2 Å². The lowest BCUT2D eigenvalue weighted by atomic mass is 10.1. The molecule has 6 heteroatoms. The topological polar surface area (TPSA) is 62.6 Å². The molecule has 0 unspecified atom stereocenters. The maximum Gasteiger partial charge on any atom is 0.260 e. The number of anilines is 2. The Kier molecular flexibility index (Phi) is 4.92. The molecule has 2 aromatic carbocycles. The molecule has 0 saturated carbocycles. The third kappa shape index (κ3) is 3.40. The van der Waals surface area contributed by atoms with Gasteiger partial charge in [-0.05, 0) is 43.3 Å². The van der Waals surface area contributed by atoms with Gasteiger partial charge in [-0.3, -0.25) is 14.5 Å². The first kappa shape index (κ1) is 18.0. The second kappa shape index (κ2) is 7.67. The van der Waals surface area contributed by atoms with Crippen molar-refractivity contribution in [3.8, 4) is 11.8 Å². The summed E-state index contributed by atoms with van der Waals surface area (Å²) in [5.41, 5.74) is 2.51. The summed E-state index contributed by atoms with van der Waals surface area (Å²) >= 11 is 1.50. The number of furan rings is 1. The van der Waals surface area contributed by atoms with Crippen LogP contribution in [-0.4, -0.2) is 18.4 Å². The number of fused-ring (bicyclic) bond motifs is 2. The van der Waals surface area contributed by atoms with Crippen LogP contribution in [-0.2, 0) is 0 Å². The third-order valence-electron chi connectivity index (χ3n) is 4.29. The fraction of sp³-hybridized carbons (Fsp3) is 0.0909. The normalized spacial score (nSPS) is 12.3.